The Morgan fingerprint density at radius 1 is 1.25 bits per heavy atom. The molecule has 0 bridgehead atoms. The lowest BCUT2D eigenvalue weighted by Crippen LogP contribution is -2.20. The number of nitro groups is 1. The van der Waals surface area contributed by atoms with Crippen molar-refractivity contribution < 1.29 is 24.0 Å². The van der Waals surface area contributed by atoms with Crippen molar-refractivity contribution in [3.63, 3.8) is 0 Å². The van der Waals surface area contributed by atoms with Crippen LogP contribution in [-0.2, 0) is 4.79 Å². The molecule has 0 fully saturated rings. The average molecular weight is 330 g/mol. The molecule has 0 heterocycles. The first-order valence-electron chi connectivity index (χ1n) is 6.84. The number of para-hydroxylation sites is 2. The van der Waals surface area contributed by atoms with Crippen LogP contribution in [0.2, 0.25) is 0 Å². The summed E-state index contributed by atoms with van der Waals surface area (Å²) in [6, 6.07) is 10.5. The van der Waals surface area contributed by atoms with Gasteiger partial charge in [-0.3, -0.25) is 19.7 Å². The Bertz CT molecular complexity index is 775. The molecular weight excluding hydrogens is 316 g/mol. The molecule has 2 aromatic carbocycles. The predicted molar refractivity (Wildman–Crippen MR) is 85.6 cm³/mol. The fourth-order valence-corrected chi connectivity index (χ4v) is 1.95. The Hall–Kier alpha value is -3.42. The Balaban J connectivity index is 2.06. The lowest BCUT2D eigenvalue weighted by atomic mass is 10.2. The number of carbonyl (C=O) groups excluding carboxylic acids is 2. The molecule has 0 aliphatic heterocycles. The highest BCUT2D eigenvalue weighted by molar-refractivity contribution is 5.93. The van der Waals surface area contributed by atoms with Crippen LogP contribution in [0.1, 0.15) is 10.4 Å². The van der Waals surface area contributed by atoms with Gasteiger partial charge in [0.05, 0.1) is 17.7 Å². The van der Waals surface area contributed by atoms with Crippen LogP contribution in [0.5, 0.6) is 11.5 Å². The second-order valence-corrected chi connectivity index (χ2v) is 4.64. The molecule has 0 saturated carbocycles. The van der Waals surface area contributed by atoms with Crippen LogP contribution >= 0.6 is 0 Å². The normalized spacial score (nSPS) is 9.88. The number of benzene rings is 2. The molecule has 0 atom stereocenters. The second kappa shape index (κ2) is 7.73. The van der Waals surface area contributed by atoms with E-state index in [1.807, 2.05) is 0 Å². The highest BCUT2D eigenvalue weighted by Crippen LogP contribution is 2.28. The third-order valence-electron chi connectivity index (χ3n) is 3.06. The summed E-state index contributed by atoms with van der Waals surface area (Å²) in [6.07, 6.45) is 0.491. The topological polar surface area (TPSA) is 108 Å². The molecule has 0 unspecified atom stereocenters. The Labute approximate surface area is 137 Å². The van der Waals surface area contributed by atoms with E-state index in [0.29, 0.717) is 17.7 Å². The van der Waals surface area contributed by atoms with Crippen LogP contribution in [0.15, 0.2) is 42.5 Å². The number of amides is 1. The van der Waals surface area contributed by atoms with Crippen molar-refractivity contribution >= 4 is 23.6 Å². The summed E-state index contributed by atoms with van der Waals surface area (Å²) in [6.45, 7) is -0.431. The largest absolute Gasteiger partial charge is 0.495 e. The minimum absolute atomic E-state index is 0.0965. The Morgan fingerprint density at radius 3 is 2.67 bits per heavy atom. The number of hydrogen-bond donors (Lipinski definition) is 1. The molecule has 1 amide bonds. The molecule has 1 N–H and O–H groups in total. The number of nitro benzene ring substituents is 1. The third-order valence-corrected chi connectivity index (χ3v) is 3.06. The smallest absolute Gasteiger partial charge is 0.311 e. The van der Waals surface area contributed by atoms with Gasteiger partial charge in [-0.15, -0.1) is 0 Å². The monoisotopic (exact) mass is 330 g/mol. The zero-order valence-corrected chi connectivity index (χ0v) is 12.7. The van der Waals surface area contributed by atoms with E-state index in [4.69, 9.17) is 9.47 Å². The molecule has 8 nitrogen and oxygen atoms in total. The molecule has 24 heavy (non-hydrogen) atoms. The van der Waals surface area contributed by atoms with E-state index in [1.165, 1.54) is 19.2 Å². The number of carbonyl (C=O) groups is 2. The van der Waals surface area contributed by atoms with Crippen LogP contribution < -0.4 is 14.8 Å². The summed E-state index contributed by atoms with van der Waals surface area (Å²) in [5, 5.41) is 13.6. The maximum absolute atomic E-state index is 11.9. The minimum atomic E-state index is -0.680. The minimum Gasteiger partial charge on any atom is -0.495 e. The van der Waals surface area contributed by atoms with Crippen molar-refractivity contribution in [3.8, 4) is 11.5 Å². The number of ether oxygens (including phenoxy) is 2. The highest BCUT2D eigenvalue weighted by Gasteiger charge is 2.17. The van der Waals surface area contributed by atoms with Crippen molar-refractivity contribution in [2.45, 2.75) is 0 Å². The second-order valence-electron chi connectivity index (χ2n) is 4.64. The number of hydrogen-bond acceptors (Lipinski definition) is 6. The van der Waals surface area contributed by atoms with E-state index in [9.17, 15) is 19.7 Å². The van der Waals surface area contributed by atoms with E-state index in [1.54, 1.807) is 24.3 Å². The van der Waals surface area contributed by atoms with Gasteiger partial charge in [0.15, 0.2) is 12.4 Å². The lowest BCUT2D eigenvalue weighted by molar-refractivity contribution is -0.385. The van der Waals surface area contributed by atoms with Gasteiger partial charge in [0.2, 0.25) is 0 Å². The molecule has 2 rings (SSSR count). The van der Waals surface area contributed by atoms with Gasteiger partial charge in [-0.2, -0.15) is 0 Å². The molecule has 8 heteroatoms. The Kier molecular flexibility index (Phi) is 5.45. The van der Waals surface area contributed by atoms with E-state index < -0.39 is 17.4 Å². The zero-order chi connectivity index (χ0) is 17.5. The summed E-state index contributed by atoms with van der Waals surface area (Å²) in [4.78, 5) is 32.9. The third kappa shape index (κ3) is 4.07. The zero-order valence-electron chi connectivity index (χ0n) is 12.7. The van der Waals surface area contributed by atoms with Gasteiger partial charge >= 0.3 is 5.69 Å². The number of rotatable bonds is 7. The van der Waals surface area contributed by atoms with Gasteiger partial charge in [0.1, 0.15) is 12.0 Å². The first-order valence-corrected chi connectivity index (χ1v) is 6.84. The van der Waals surface area contributed by atoms with E-state index >= 15 is 0 Å². The van der Waals surface area contributed by atoms with Crippen molar-refractivity contribution in [2.75, 3.05) is 19.0 Å². The number of aldehydes is 1. The lowest BCUT2D eigenvalue weighted by Gasteiger charge is -2.10. The van der Waals surface area contributed by atoms with Crippen LogP contribution in [0, 0.1) is 10.1 Å². The summed E-state index contributed by atoms with van der Waals surface area (Å²) in [5.74, 6) is -0.124. The summed E-state index contributed by atoms with van der Waals surface area (Å²) >= 11 is 0. The highest BCUT2D eigenvalue weighted by atomic mass is 16.6. The van der Waals surface area contributed by atoms with Crippen molar-refractivity contribution in [1.82, 2.24) is 0 Å². The van der Waals surface area contributed by atoms with Gasteiger partial charge in [-0.25, -0.2) is 0 Å². The Morgan fingerprint density at radius 2 is 2.00 bits per heavy atom. The maximum atomic E-state index is 11.9. The van der Waals surface area contributed by atoms with Crippen LogP contribution in [-0.4, -0.2) is 30.8 Å². The van der Waals surface area contributed by atoms with Gasteiger partial charge in [0.25, 0.3) is 5.91 Å². The van der Waals surface area contributed by atoms with E-state index in [2.05, 4.69) is 5.32 Å². The van der Waals surface area contributed by atoms with E-state index in [-0.39, 0.29) is 17.0 Å². The maximum Gasteiger partial charge on any atom is 0.311 e. The van der Waals surface area contributed by atoms with Crippen LogP contribution in [0.3, 0.4) is 0 Å². The molecule has 0 radical (unpaired) electrons. The molecule has 0 saturated heterocycles. The average Bonchev–Trinajstić information content (AvgIpc) is 2.60. The van der Waals surface area contributed by atoms with Crippen molar-refractivity contribution in [1.29, 1.82) is 0 Å². The fraction of sp³-hybridized carbons (Fsp3) is 0.125. The van der Waals surface area contributed by atoms with E-state index in [0.717, 1.165) is 6.07 Å². The first-order chi connectivity index (χ1) is 11.5. The van der Waals surface area contributed by atoms with Gasteiger partial charge in [-0.1, -0.05) is 12.1 Å². The summed E-state index contributed by atoms with van der Waals surface area (Å²) in [5.41, 5.74) is 0.219. The summed E-state index contributed by atoms with van der Waals surface area (Å²) < 4.78 is 10.3. The molecule has 2 aromatic rings. The van der Waals surface area contributed by atoms with Crippen LogP contribution in [0.25, 0.3) is 0 Å². The van der Waals surface area contributed by atoms with Crippen molar-refractivity contribution in [3.05, 3.63) is 58.1 Å². The molecule has 0 aliphatic carbocycles. The molecule has 0 aromatic heterocycles. The van der Waals surface area contributed by atoms with Gasteiger partial charge in [-0.05, 0) is 24.3 Å². The number of nitrogens with one attached hydrogen (secondary N) is 1. The molecule has 124 valence electrons. The number of nitrogens with zero attached hydrogens (tertiary/aromatic N) is 1. The quantitative estimate of drug-likeness (QED) is 0.474. The fourth-order valence-electron chi connectivity index (χ4n) is 1.95. The molecular formula is C16H14N2O6. The standard InChI is InChI=1S/C16H14N2O6/c1-23-14-5-3-2-4-12(14)17-16(20)10-24-15-7-6-11(9-19)8-13(15)18(21)22/h2-9H,10H2,1H3,(H,17,20). The number of methoxy groups -OCH3 is 1. The van der Waals surface area contributed by atoms with Crippen molar-refractivity contribution in [2.24, 2.45) is 0 Å². The van der Waals surface area contributed by atoms with Gasteiger partial charge in [0, 0.05) is 11.6 Å². The number of anilines is 1. The molecule has 0 aliphatic rings. The van der Waals surface area contributed by atoms with Crippen LogP contribution in [0.4, 0.5) is 11.4 Å². The molecule has 0 spiro atoms. The SMILES string of the molecule is COc1ccccc1NC(=O)COc1ccc(C=O)cc1[N+](=O)[O-]. The van der Waals surface area contributed by atoms with Gasteiger partial charge < -0.3 is 14.8 Å². The predicted octanol–water partition coefficient (Wildman–Crippen LogP) is 2.43. The first kappa shape index (κ1) is 16.9. The summed E-state index contributed by atoms with van der Waals surface area (Å²) in [7, 11) is 1.47.